The Hall–Kier alpha value is 0.660. The molecule has 3 saturated carbocycles. The summed E-state index contributed by atoms with van der Waals surface area (Å²) in [5, 5.41) is 0. The molecule has 0 saturated heterocycles. The molecule has 0 spiro atoms. The van der Waals surface area contributed by atoms with Crippen molar-refractivity contribution >= 4 is 22.6 Å². The van der Waals surface area contributed by atoms with Crippen molar-refractivity contribution in [3.8, 4) is 0 Å². The first kappa shape index (κ1) is 9.22. The van der Waals surface area contributed by atoms with Crippen molar-refractivity contribution < 1.29 is 4.39 Å². The van der Waals surface area contributed by atoms with Gasteiger partial charge in [0.15, 0.2) is 0 Å². The van der Waals surface area contributed by atoms with Crippen molar-refractivity contribution in [2.75, 3.05) is 6.67 Å². The maximum absolute atomic E-state index is 11.8. The Kier molecular flexibility index (Phi) is 2.39. The first-order valence-electron chi connectivity index (χ1n) is 4.93. The van der Waals surface area contributed by atoms with Gasteiger partial charge in [0, 0.05) is 3.42 Å². The minimum atomic E-state index is -0.122. The van der Waals surface area contributed by atoms with Gasteiger partial charge in [-0.25, -0.2) is 0 Å². The van der Waals surface area contributed by atoms with Gasteiger partial charge < -0.3 is 0 Å². The molecular weight excluding hydrogens is 266 g/mol. The maximum Gasteiger partial charge on any atom is 0.0894 e. The predicted molar refractivity (Wildman–Crippen MR) is 57.5 cm³/mol. The summed E-state index contributed by atoms with van der Waals surface area (Å²) < 4.78 is 12.5. The summed E-state index contributed by atoms with van der Waals surface area (Å²) in [4.78, 5) is 0. The smallest absolute Gasteiger partial charge is 0.0894 e. The van der Waals surface area contributed by atoms with Crippen molar-refractivity contribution in [1.29, 1.82) is 0 Å². The van der Waals surface area contributed by atoms with Crippen LogP contribution in [0.2, 0.25) is 0 Å². The molecule has 70 valence electrons. The molecule has 0 radical (unpaired) electrons. The fraction of sp³-hybridized carbons (Fsp3) is 1.00. The number of unbranched alkanes of at least 4 members (excludes halogenated alkanes) is 2. The highest BCUT2D eigenvalue weighted by Crippen LogP contribution is 2.73. The first-order valence-corrected chi connectivity index (χ1v) is 6.01. The van der Waals surface area contributed by atoms with E-state index >= 15 is 0 Å². The van der Waals surface area contributed by atoms with Crippen LogP contribution in [0.4, 0.5) is 4.39 Å². The Morgan fingerprint density at radius 2 is 1.75 bits per heavy atom. The van der Waals surface area contributed by atoms with E-state index in [-0.39, 0.29) is 6.67 Å². The minimum absolute atomic E-state index is 0.122. The van der Waals surface area contributed by atoms with Crippen LogP contribution in [0.5, 0.6) is 0 Å². The Balaban J connectivity index is 1.58. The maximum atomic E-state index is 11.8. The van der Waals surface area contributed by atoms with Crippen molar-refractivity contribution in [2.24, 2.45) is 5.41 Å². The van der Waals surface area contributed by atoms with E-state index in [4.69, 9.17) is 0 Å². The Morgan fingerprint density at radius 3 is 2.25 bits per heavy atom. The molecule has 0 aromatic heterocycles. The van der Waals surface area contributed by atoms with Gasteiger partial charge in [0.05, 0.1) is 6.67 Å². The van der Waals surface area contributed by atoms with Gasteiger partial charge in [-0.05, 0) is 37.5 Å². The zero-order valence-corrected chi connectivity index (χ0v) is 9.57. The lowest BCUT2D eigenvalue weighted by molar-refractivity contribution is -0.0712. The zero-order valence-electron chi connectivity index (χ0n) is 7.41. The van der Waals surface area contributed by atoms with E-state index in [1.807, 2.05) is 0 Å². The quantitative estimate of drug-likeness (QED) is 0.408. The number of alkyl halides is 2. The average Bonchev–Trinajstić information content (AvgIpc) is 1.92. The van der Waals surface area contributed by atoms with E-state index in [2.05, 4.69) is 22.6 Å². The molecule has 2 heteroatoms. The SMILES string of the molecule is FCCCCCC12CC(I)(C1)C2. The highest BCUT2D eigenvalue weighted by atomic mass is 127. The van der Waals surface area contributed by atoms with Crippen molar-refractivity contribution in [1.82, 2.24) is 0 Å². The van der Waals surface area contributed by atoms with E-state index in [0.29, 0.717) is 0 Å². The van der Waals surface area contributed by atoms with Crippen molar-refractivity contribution in [2.45, 2.75) is 48.4 Å². The fourth-order valence-corrected chi connectivity index (χ4v) is 5.32. The third-order valence-corrected chi connectivity index (χ3v) is 4.56. The topological polar surface area (TPSA) is 0 Å². The molecule has 3 fully saturated rings. The Bertz CT molecular complexity index is 159. The second-order valence-corrected chi connectivity index (χ2v) is 6.97. The van der Waals surface area contributed by atoms with E-state index < -0.39 is 0 Å². The van der Waals surface area contributed by atoms with Gasteiger partial charge in [-0.3, -0.25) is 4.39 Å². The largest absolute Gasteiger partial charge is 0.251 e. The highest BCUT2D eigenvalue weighted by Gasteiger charge is 2.65. The first-order chi connectivity index (χ1) is 5.68. The van der Waals surface area contributed by atoms with E-state index in [9.17, 15) is 4.39 Å². The third-order valence-electron chi connectivity index (χ3n) is 3.42. The summed E-state index contributed by atoms with van der Waals surface area (Å²) >= 11 is 2.61. The molecule has 0 aliphatic heterocycles. The highest BCUT2D eigenvalue weighted by molar-refractivity contribution is 14.1. The van der Waals surface area contributed by atoms with Gasteiger partial charge in [0.2, 0.25) is 0 Å². The van der Waals surface area contributed by atoms with Gasteiger partial charge in [0.25, 0.3) is 0 Å². The summed E-state index contributed by atoms with van der Waals surface area (Å²) in [6.45, 7) is -0.122. The van der Waals surface area contributed by atoms with E-state index in [0.717, 1.165) is 21.7 Å². The van der Waals surface area contributed by atoms with Crippen LogP contribution in [0.15, 0.2) is 0 Å². The third kappa shape index (κ3) is 1.51. The van der Waals surface area contributed by atoms with Crippen LogP contribution in [0.3, 0.4) is 0 Å². The summed E-state index contributed by atoms with van der Waals surface area (Å²) in [6, 6.07) is 0. The second kappa shape index (κ2) is 3.10. The van der Waals surface area contributed by atoms with Crippen LogP contribution in [-0.4, -0.2) is 10.1 Å². The zero-order chi connectivity index (χ0) is 8.66. The lowest BCUT2D eigenvalue weighted by atomic mass is 9.43. The molecule has 0 atom stereocenters. The molecule has 0 unspecified atom stereocenters. The lowest BCUT2D eigenvalue weighted by Crippen LogP contribution is -2.62. The van der Waals surface area contributed by atoms with Crippen LogP contribution in [-0.2, 0) is 0 Å². The second-order valence-electron chi connectivity index (χ2n) is 4.68. The molecule has 3 rings (SSSR count). The molecule has 2 bridgehead atoms. The van der Waals surface area contributed by atoms with E-state index in [1.54, 1.807) is 0 Å². The Morgan fingerprint density at radius 1 is 1.08 bits per heavy atom. The summed E-state index contributed by atoms with van der Waals surface area (Å²) in [6.07, 6.45) is 8.88. The normalized spacial score (nSPS) is 43.5. The standard InChI is InChI=1S/C10H16FI/c11-5-3-1-2-4-9-6-10(12,7-9)8-9/h1-8H2. The molecule has 3 aliphatic carbocycles. The van der Waals surface area contributed by atoms with Crippen LogP contribution >= 0.6 is 22.6 Å². The molecule has 3 aliphatic rings. The van der Waals surface area contributed by atoms with Gasteiger partial charge >= 0.3 is 0 Å². The van der Waals surface area contributed by atoms with Gasteiger partial charge in [-0.1, -0.05) is 35.4 Å². The number of rotatable bonds is 5. The minimum Gasteiger partial charge on any atom is -0.251 e. The summed E-state index contributed by atoms with van der Waals surface area (Å²) in [7, 11) is 0. The number of hydrogen-bond acceptors (Lipinski definition) is 0. The van der Waals surface area contributed by atoms with Crippen LogP contribution in [0.25, 0.3) is 0 Å². The van der Waals surface area contributed by atoms with Crippen LogP contribution in [0.1, 0.15) is 44.9 Å². The number of halogens is 2. The molecule has 0 nitrogen and oxygen atoms in total. The molecule has 0 heterocycles. The average molecular weight is 282 g/mol. The van der Waals surface area contributed by atoms with Crippen LogP contribution in [0, 0.1) is 5.41 Å². The molecular formula is C10H16FI. The molecule has 0 N–H and O–H groups in total. The van der Waals surface area contributed by atoms with Gasteiger partial charge in [0.1, 0.15) is 0 Å². The molecule has 0 amide bonds. The molecule has 0 aromatic rings. The predicted octanol–water partition coefficient (Wildman–Crippen LogP) is 3.87. The Labute approximate surface area is 87.4 Å². The van der Waals surface area contributed by atoms with Gasteiger partial charge in [-0.15, -0.1) is 0 Å². The van der Waals surface area contributed by atoms with E-state index in [1.165, 1.54) is 32.1 Å². The van der Waals surface area contributed by atoms with Gasteiger partial charge in [-0.2, -0.15) is 0 Å². The lowest BCUT2D eigenvalue weighted by Gasteiger charge is -2.68. The van der Waals surface area contributed by atoms with Crippen molar-refractivity contribution in [3.63, 3.8) is 0 Å². The van der Waals surface area contributed by atoms with Crippen LogP contribution < -0.4 is 0 Å². The molecule has 12 heavy (non-hydrogen) atoms. The monoisotopic (exact) mass is 282 g/mol. The molecule has 0 aromatic carbocycles. The number of hydrogen-bond donors (Lipinski definition) is 0. The summed E-state index contributed by atoms with van der Waals surface area (Å²) in [5.41, 5.74) is 0.748. The fourth-order valence-electron chi connectivity index (χ4n) is 2.90. The van der Waals surface area contributed by atoms with Crippen molar-refractivity contribution in [3.05, 3.63) is 0 Å². The summed E-state index contributed by atoms with van der Waals surface area (Å²) in [5.74, 6) is 0.